The van der Waals surface area contributed by atoms with Gasteiger partial charge in [0.05, 0.1) is 0 Å². The SMILES string of the molecule is NC(=S)NC(=O)C1CC1c1ccccc1. The summed E-state index contributed by atoms with van der Waals surface area (Å²) in [5.41, 5.74) is 6.45. The van der Waals surface area contributed by atoms with Crippen LogP contribution in [0, 0.1) is 5.92 Å². The number of amides is 1. The maximum Gasteiger partial charge on any atom is 0.229 e. The van der Waals surface area contributed by atoms with Crippen LogP contribution in [-0.4, -0.2) is 11.0 Å². The first kappa shape index (κ1) is 10.1. The molecular weight excluding hydrogens is 208 g/mol. The summed E-state index contributed by atoms with van der Waals surface area (Å²) in [5.74, 6) is 0.311. The molecular formula is C11H12N2OS. The summed E-state index contributed by atoms with van der Waals surface area (Å²) in [4.78, 5) is 11.5. The highest BCUT2D eigenvalue weighted by Gasteiger charge is 2.43. The van der Waals surface area contributed by atoms with E-state index in [1.54, 1.807) is 0 Å². The maximum absolute atomic E-state index is 11.5. The van der Waals surface area contributed by atoms with Crippen molar-refractivity contribution < 1.29 is 4.79 Å². The molecule has 4 heteroatoms. The molecule has 1 amide bonds. The molecule has 0 radical (unpaired) electrons. The number of hydrogen-bond acceptors (Lipinski definition) is 2. The third-order valence-corrected chi connectivity index (χ3v) is 2.70. The van der Waals surface area contributed by atoms with Crippen molar-refractivity contribution >= 4 is 23.2 Å². The Morgan fingerprint density at radius 1 is 1.40 bits per heavy atom. The molecule has 2 unspecified atom stereocenters. The summed E-state index contributed by atoms with van der Waals surface area (Å²) < 4.78 is 0. The summed E-state index contributed by atoms with van der Waals surface area (Å²) >= 11 is 4.62. The number of thiocarbonyl (C=S) groups is 1. The molecule has 0 bridgehead atoms. The van der Waals surface area contributed by atoms with Gasteiger partial charge < -0.3 is 11.1 Å². The highest BCUT2D eigenvalue weighted by molar-refractivity contribution is 7.80. The van der Waals surface area contributed by atoms with Gasteiger partial charge in [0.2, 0.25) is 5.91 Å². The molecule has 3 nitrogen and oxygen atoms in total. The van der Waals surface area contributed by atoms with Crippen LogP contribution in [0.1, 0.15) is 17.9 Å². The fourth-order valence-electron chi connectivity index (χ4n) is 1.77. The minimum Gasteiger partial charge on any atom is -0.376 e. The van der Waals surface area contributed by atoms with E-state index in [-0.39, 0.29) is 16.9 Å². The van der Waals surface area contributed by atoms with Crippen LogP contribution in [0.5, 0.6) is 0 Å². The summed E-state index contributed by atoms with van der Waals surface area (Å²) in [5, 5.41) is 2.53. The number of benzene rings is 1. The van der Waals surface area contributed by atoms with Crippen molar-refractivity contribution in [3.63, 3.8) is 0 Å². The zero-order valence-electron chi connectivity index (χ0n) is 8.14. The van der Waals surface area contributed by atoms with Gasteiger partial charge in [-0.3, -0.25) is 4.79 Å². The highest BCUT2D eigenvalue weighted by Crippen LogP contribution is 2.47. The Bertz CT molecular complexity index is 391. The van der Waals surface area contributed by atoms with E-state index in [0.717, 1.165) is 6.42 Å². The van der Waals surface area contributed by atoms with Crippen LogP contribution in [-0.2, 0) is 4.79 Å². The largest absolute Gasteiger partial charge is 0.376 e. The van der Waals surface area contributed by atoms with E-state index in [1.165, 1.54) is 5.56 Å². The van der Waals surface area contributed by atoms with Crippen molar-refractivity contribution in [2.24, 2.45) is 11.7 Å². The molecule has 0 aliphatic heterocycles. The lowest BCUT2D eigenvalue weighted by atomic mass is 10.1. The fraction of sp³-hybridized carbons (Fsp3) is 0.273. The molecule has 15 heavy (non-hydrogen) atoms. The molecule has 78 valence electrons. The lowest BCUT2D eigenvalue weighted by molar-refractivity contribution is -0.120. The molecule has 1 saturated carbocycles. The highest BCUT2D eigenvalue weighted by atomic mass is 32.1. The summed E-state index contributed by atoms with van der Waals surface area (Å²) in [6, 6.07) is 10.0. The van der Waals surface area contributed by atoms with E-state index >= 15 is 0 Å². The molecule has 1 aromatic carbocycles. The van der Waals surface area contributed by atoms with E-state index in [0.29, 0.717) is 5.92 Å². The minimum absolute atomic E-state index is 0.0360. The molecule has 1 aromatic rings. The van der Waals surface area contributed by atoms with Crippen LogP contribution in [0.25, 0.3) is 0 Å². The first-order valence-corrected chi connectivity index (χ1v) is 5.24. The first-order valence-electron chi connectivity index (χ1n) is 4.83. The summed E-state index contributed by atoms with van der Waals surface area (Å²) in [6.45, 7) is 0. The topological polar surface area (TPSA) is 55.1 Å². The first-order chi connectivity index (χ1) is 7.18. The number of carbonyl (C=O) groups is 1. The monoisotopic (exact) mass is 220 g/mol. The lowest BCUT2D eigenvalue weighted by Crippen LogP contribution is -2.36. The Labute approximate surface area is 93.7 Å². The van der Waals surface area contributed by atoms with E-state index < -0.39 is 0 Å². The zero-order valence-corrected chi connectivity index (χ0v) is 8.96. The van der Waals surface area contributed by atoms with E-state index in [9.17, 15) is 4.79 Å². The Kier molecular flexibility index (Phi) is 2.68. The van der Waals surface area contributed by atoms with E-state index in [1.807, 2.05) is 30.3 Å². The molecule has 0 saturated heterocycles. The van der Waals surface area contributed by atoms with Gasteiger partial charge in [-0.25, -0.2) is 0 Å². The Hall–Kier alpha value is -1.42. The van der Waals surface area contributed by atoms with Gasteiger partial charge in [0.15, 0.2) is 5.11 Å². The molecule has 1 fully saturated rings. The van der Waals surface area contributed by atoms with Crippen LogP contribution in [0.2, 0.25) is 0 Å². The molecule has 3 N–H and O–H groups in total. The van der Waals surface area contributed by atoms with Crippen molar-refractivity contribution in [1.29, 1.82) is 0 Å². The van der Waals surface area contributed by atoms with Gasteiger partial charge in [-0.15, -0.1) is 0 Å². The number of nitrogens with one attached hydrogen (secondary N) is 1. The average molecular weight is 220 g/mol. The van der Waals surface area contributed by atoms with Crippen molar-refractivity contribution in [3.05, 3.63) is 35.9 Å². The molecule has 0 aromatic heterocycles. The fourth-order valence-corrected chi connectivity index (χ4v) is 1.87. The average Bonchev–Trinajstić information content (AvgIpc) is 2.97. The van der Waals surface area contributed by atoms with Gasteiger partial charge in [-0.2, -0.15) is 0 Å². The van der Waals surface area contributed by atoms with Gasteiger partial charge >= 0.3 is 0 Å². The summed E-state index contributed by atoms with van der Waals surface area (Å²) in [7, 11) is 0. The second kappa shape index (κ2) is 3.98. The second-order valence-electron chi connectivity index (χ2n) is 3.71. The number of hydrogen-bond donors (Lipinski definition) is 2. The van der Waals surface area contributed by atoms with Crippen molar-refractivity contribution in [3.8, 4) is 0 Å². The maximum atomic E-state index is 11.5. The quantitative estimate of drug-likeness (QED) is 0.735. The zero-order chi connectivity index (χ0) is 10.8. The van der Waals surface area contributed by atoms with Crippen LogP contribution >= 0.6 is 12.2 Å². The molecule has 1 aliphatic carbocycles. The normalized spacial score (nSPS) is 23.2. The van der Waals surface area contributed by atoms with Crippen LogP contribution < -0.4 is 11.1 Å². The molecule has 0 spiro atoms. The van der Waals surface area contributed by atoms with Crippen LogP contribution in [0.3, 0.4) is 0 Å². The minimum atomic E-state index is -0.0589. The smallest absolute Gasteiger partial charge is 0.229 e. The van der Waals surface area contributed by atoms with Gasteiger partial charge in [0.25, 0.3) is 0 Å². The predicted octanol–water partition coefficient (Wildman–Crippen LogP) is 1.15. The molecule has 2 atom stereocenters. The second-order valence-corrected chi connectivity index (χ2v) is 4.15. The van der Waals surface area contributed by atoms with Gasteiger partial charge in [-0.1, -0.05) is 30.3 Å². The van der Waals surface area contributed by atoms with Gasteiger partial charge in [0.1, 0.15) is 0 Å². The molecule has 1 aliphatic rings. The Morgan fingerprint density at radius 3 is 2.67 bits per heavy atom. The van der Waals surface area contributed by atoms with Crippen LogP contribution in [0.15, 0.2) is 30.3 Å². The third kappa shape index (κ3) is 2.33. The molecule has 0 heterocycles. The number of nitrogens with two attached hydrogens (primary N) is 1. The third-order valence-electron chi connectivity index (χ3n) is 2.60. The Balaban J connectivity index is 1.97. The standard InChI is InChI=1S/C11H12N2OS/c12-11(15)13-10(14)9-6-8(9)7-4-2-1-3-5-7/h1-5,8-9H,6H2,(H3,12,13,14,15). The predicted molar refractivity (Wildman–Crippen MR) is 62.2 cm³/mol. The number of carbonyl (C=O) groups excluding carboxylic acids is 1. The van der Waals surface area contributed by atoms with E-state index in [4.69, 9.17) is 5.73 Å². The molecule has 2 rings (SSSR count). The van der Waals surface area contributed by atoms with Crippen molar-refractivity contribution in [2.45, 2.75) is 12.3 Å². The lowest BCUT2D eigenvalue weighted by Gasteiger charge is -2.01. The van der Waals surface area contributed by atoms with Gasteiger partial charge in [0, 0.05) is 5.92 Å². The van der Waals surface area contributed by atoms with E-state index in [2.05, 4.69) is 17.5 Å². The summed E-state index contributed by atoms with van der Waals surface area (Å²) in [6.07, 6.45) is 0.887. The van der Waals surface area contributed by atoms with Crippen molar-refractivity contribution in [1.82, 2.24) is 5.32 Å². The van der Waals surface area contributed by atoms with Crippen LogP contribution in [0.4, 0.5) is 0 Å². The number of rotatable bonds is 2. The van der Waals surface area contributed by atoms with Gasteiger partial charge in [-0.05, 0) is 30.1 Å². The Morgan fingerprint density at radius 2 is 2.07 bits per heavy atom. The van der Waals surface area contributed by atoms with Crippen molar-refractivity contribution in [2.75, 3.05) is 0 Å².